The summed E-state index contributed by atoms with van der Waals surface area (Å²) < 4.78 is 0.302. The molecule has 2 atom stereocenters. The number of aromatic nitrogens is 1. The van der Waals surface area contributed by atoms with Crippen molar-refractivity contribution >= 4 is 30.0 Å². The normalized spacial score (nSPS) is 21.8. The highest BCUT2D eigenvalue weighted by Gasteiger charge is 2.52. The van der Waals surface area contributed by atoms with Crippen molar-refractivity contribution in [1.82, 2.24) is 15.2 Å². The lowest BCUT2D eigenvalue weighted by Crippen LogP contribution is -2.70. The van der Waals surface area contributed by atoms with E-state index < -0.39 is 28.7 Å². The molecule has 28 heavy (non-hydrogen) atoms. The Morgan fingerprint density at radius 3 is 2.79 bits per heavy atom. The number of hydrogen-bond donors (Lipinski definition) is 3. The zero-order valence-corrected chi connectivity index (χ0v) is 16.1. The number of likely N-dealkylation sites (N-methyl/N-ethyl adjacent to an activating group) is 1. The third-order valence-corrected chi connectivity index (χ3v) is 6.00. The monoisotopic (exact) mass is 408 g/mol. The van der Waals surface area contributed by atoms with Gasteiger partial charge in [-0.05, 0) is 0 Å². The molecule has 3 heterocycles. The molecule has 0 unspecified atom stereocenters. The number of nitrogens with one attached hydrogen (secondary N) is 2. The maximum Gasteiger partial charge on any atom is 0.253 e. The van der Waals surface area contributed by atoms with Crippen LogP contribution in [-0.4, -0.2) is 75.6 Å². The molecule has 1 saturated heterocycles. The largest absolute Gasteiger partial charge is 0.543 e. The molecule has 2 aliphatic heterocycles. The van der Waals surface area contributed by atoms with Crippen LogP contribution in [0.3, 0.4) is 0 Å². The van der Waals surface area contributed by atoms with Gasteiger partial charge in [-0.3, -0.25) is 19.3 Å². The van der Waals surface area contributed by atoms with Crippen molar-refractivity contribution in [2.45, 2.75) is 18.0 Å². The first-order valence-electron chi connectivity index (χ1n) is 8.45. The zero-order chi connectivity index (χ0) is 20.6. The number of rotatable bonds is 7. The van der Waals surface area contributed by atoms with Gasteiger partial charge in [0.1, 0.15) is 24.5 Å². The molecule has 0 aromatic carbocycles. The first kappa shape index (κ1) is 20.0. The molecule has 10 nitrogen and oxygen atoms in total. The van der Waals surface area contributed by atoms with Crippen LogP contribution in [0.1, 0.15) is 5.69 Å². The van der Waals surface area contributed by atoms with Crippen molar-refractivity contribution < 1.29 is 29.1 Å². The number of thioether (sulfide) groups is 1. The minimum absolute atomic E-state index is 0.150. The van der Waals surface area contributed by atoms with E-state index in [1.165, 1.54) is 28.9 Å². The molecule has 11 heteroatoms. The van der Waals surface area contributed by atoms with Crippen molar-refractivity contribution in [2.24, 2.45) is 0 Å². The lowest BCUT2D eigenvalue weighted by molar-refractivity contribution is -0.899. The van der Waals surface area contributed by atoms with Gasteiger partial charge in [0.05, 0.1) is 31.5 Å². The molecule has 3 N–H and O–H groups in total. The van der Waals surface area contributed by atoms with E-state index in [1.807, 2.05) is 14.1 Å². The fourth-order valence-electron chi connectivity index (χ4n) is 3.52. The van der Waals surface area contributed by atoms with Gasteiger partial charge in [-0.25, -0.2) is 0 Å². The van der Waals surface area contributed by atoms with Crippen LogP contribution < -0.4 is 15.9 Å². The summed E-state index contributed by atoms with van der Waals surface area (Å²) in [4.78, 5) is 50.3. The molecule has 3 rings (SSSR count). The Morgan fingerprint density at radius 2 is 2.18 bits per heavy atom. The Kier molecular flexibility index (Phi) is 5.22. The number of H-pyrrole nitrogens is 1. The minimum Gasteiger partial charge on any atom is -0.543 e. The summed E-state index contributed by atoms with van der Waals surface area (Å²) in [7, 11) is 3.72. The van der Waals surface area contributed by atoms with Crippen LogP contribution in [0.2, 0.25) is 0 Å². The standard InChI is InChI=1S/C17H20N4O6S/c1-21(2,6-10-3-11(23)12(24)4-18-10)5-9-7-28-16-13(19-8-22)15(25)20(16)14(9)17(26)27/h3-4,8,13,16H,5-7H2,1-2H3,(H3-,18,19,22,23,24,26,27)/t13-,16-/m1/s1. The van der Waals surface area contributed by atoms with Gasteiger partial charge in [0.25, 0.3) is 5.91 Å². The van der Waals surface area contributed by atoms with Crippen LogP contribution in [0, 0.1) is 0 Å². The quantitative estimate of drug-likeness (QED) is 0.261. The average molecular weight is 408 g/mol. The number of nitrogens with zero attached hydrogens (tertiary/aromatic N) is 2. The topological polar surface area (TPSA) is 143 Å². The number of aromatic amines is 1. The highest BCUT2D eigenvalue weighted by molar-refractivity contribution is 8.00. The van der Waals surface area contributed by atoms with Crippen LogP contribution in [-0.2, 0) is 20.9 Å². The smallest absolute Gasteiger partial charge is 0.253 e. The van der Waals surface area contributed by atoms with Crippen molar-refractivity contribution in [1.29, 1.82) is 0 Å². The summed E-state index contributed by atoms with van der Waals surface area (Å²) in [6.07, 6.45) is 1.64. The number of β-lactam (4-membered cyclic amide) rings is 1. The van der Waals surface area contributed by atoms with Gasteiger partial charge in [0.2, 0.25) is 11.8 Å². The summed E-state index contributed by atoms with van der Waals surface area (Å²) >= 11 is 1.38. The molecule has 0 radical (unpaired) electrons. The minimum atomic E-state index is -1.43. The number of aromatic hydroxyl groups is 1. The van der Waals surface area contributed by atoms with Gasteiger partial charge in [-0.1, -0.05) is 0 Å². The van der Waals surface area contributed by atoms with Gasteiger partial charge in [-0.15, -0.1) is 11.8 Å². The fraction of sp³-hybridized carbons (Fsp3) is 0.412. The van der Waals surface area contributed by atoms with Gasteiger partial charge in [-0.2, -0.15) is 0 Å². The number of quaternary nitrogens is 1. The molecular formula is C17H20N4O6S. The van der Waals surface area contributed by atoms with E-state index in [2.05, 4.69) is 10.3 Å². The summed E-state index contributed by atoms with van der Waals surface area (Å²) in [5, 5.41) is 23.0. The third-order valence-electron chi connectivity index (χ3n) is 4.66. The molecule has 1 aromatic rings. The van der Waals surface area contributed by atoms with Crippen LogP contribution in [0.5, 0.6) is 5.75 Å². The number of fused-ring (bicyclic) bond motifs is 1. The number of carbonyl (C=O) groups excluding carboxylic acids is 3. The van der Waals surface area contributed by atoms with Crippen molar-refractivity contribution in [3.05, 3.63) is 39.5 Å². The predicted octanol–water partition coefficient (Wildman–Crippen LogP) is -2.31. The summed E-state index contributed by atoms with van der Waals surface area (Å²) in [6.45, 7) is 0.679. The van der Waals surface area contributed by atoms with Crippen LogP contribution in [0.25, 0.3) is 0 Å². The predicted molar refractivity (Wildman–Crippen MR) is 97.5 cm³/mol. The second-order valence-electron chi connectivity index (χ2n) is 7.37. The summed E-state index contributed by atoms with van der Waals surface area (Å²) in [5.74, 6) is -1.91. The van der Waals surface area contributed by atoms with E-state index in [0.29, 0.717) is 41.0 Å². The fourth-order valence-corrected chi connectivity index (χ4v) is 4.86. The van der Waals surface area contributed by atoms with Gasteiger partial charge in [0.15, 0.2) is 5.75 Å². The van der Waals surface area contributed by atoms with E-state index in [-0.39, 0.29) is 11.4 Å². The number of carboxylic acids is 1. The van der Waals surface area contributed by atoms with Gasteiger partial charge in [0, 0.05) is 23.6 Å². The van der Waals surface area contributed by atoms with E-state index in [1.54, 1.807) is 0 Å². The lowest BCUT2D eigenvalue weighted by atomic mass is 10.0. The van der Waals surface area contributed by atoms with Crippen molar-refractivity contribution in [3.63, 3.8) is 0 Å². The third kappa shape index (κ3) is 3.62. The van der Waals surface area contributed by atoms with E-state index in [4.69, 9.17) is 0 Å². The van der Waals surface area contributed by atoms with Gasteiger partial charge < -0.3 is 29.8 Å². The SMILES string of the molecule is C[N+](C)(CC1=C(C(=O)[O-])N2C(=O)[C@@H](NC=O)[C@H]2SC1)Cc1cc(=O)c(O)c[nH]1. The Bertz CT molecular complexity index is 924. The van der Waals surface area contributed by atoms with Crippen molar-refractivity contribution in [2.75, 3.05) is 26.4 Å². The number of hydrogen-bond acceptors (Lipinski definition) is 7. The molecule has 0 saturated carbocycles. The first-order chi connectivity index (χ1) is 13.1. The number of pyridine rings is 1. The number of carboxylic acid groups (broad SMARTS) is 1. The molecule has 2 aliphatic rings. The molecule has 0 aliphatic carbocycles. The molecule has 1 fully saturated rings. The van der Waals surface area contributed by atoms with E-state index >= 15 is 0 Å². The highest BCUT2D eigenvalue weighted by Crippen LogP contribution is 2.40. The number of carbonyl (C=O) groups is 3. The Labute approximate surface area is 164 Å². The molecular weight excluding hydrogens is 388 g/mol. The Morgan fingerprint density at radius 1 is 1.46 bits per heavy atom. The van der Waals surface area contributed by atoms with Crippen LogP contribution >= 0.6 is 11.8 Å². The maximum atomic E-state index is 12.3. The zero-order valence-electron chi connectivity index (χ0n) is 15.3. The van der Waals surface area contributed by atoms with E-state index in [0.717, 1.165) is 0 Å². The van der Waals surface area contributed by atoms with Gasteiger partial charge >= 0.3 is 0 Å². The molecule has 0 spiro atoms. The van der Waals surface area contributed by atoms with E-state index in [9.17, 15) is 29.4 Å². The Balaban J connectivity index is 1.83. The summed E-state index contributed by atoms with van der Waals surface area (Å²) in [6, 6.07) is 0.562. The molecule has 0 bridgehead atoms. The average Bonchev–Trinajstić information content (AvgIpc) is 2.61. The van der Waals surface area contributed by atoms with Crippen molar-refractivity contribution in [3.8, 4) is 5.75 Å². The number of aliphatic carboxylic acids is 1. The second kappa shape index (κ2) is 7.32. The molecule has 2 amide bonds. The molecule has 150 valence electrons. The van der Waals surface area contributed by atoms with Crippen LogP contribution in [0.4, 0.5) is 0 Å². The highest BCUT2D eigenvalue weighted by atomic mass is 32.2. The lowest BCUT2D eigenvalue weighted by Gasteiger charge is -2.50. The summed E-state index contributed by atoms with van der Waals surface area (Å²) in [5.41, 5.74) is 0.479. The maximum absolute atomic E-state index is 12.3. The Hall–Kier alpha value is -2.79. The first-order valence-corrected chi connectivity index (χ1v) is 9.50. The number of amides is 2. The van der Waals surface area contributed by atoms with Crippen LogP contribution in [0.15, 0.2) is 28.3 Å². The molecule has 1 aromatic heterocycles. The second-order valence-corrected chi connectivity index (χ2v) is 8.48.